The molecule has 1 heterocycles. The molecular weight excluding hydrogens is 618 g/mol. The van der Waals surface area contributed by atoms with Gasteiger partial charge >= 0.3 is 5.97 Å². The number of rotatable bonds is 17. The van der Waals surface area contributed by atoms with Crippen molar-refractivity contribution in [3.05, 3.63) is 11.6 Å². The van der Waals surface area contributed by atoms with Gasteiger partial charge in [0.15, 0.2) is 29.1 Å². The number of hydrogen-bond donors (Lipinski definition) is 1. The van der Waals surface area contributed by atoms with Gasteiger partial charge in [-0.2, -0.15) is 0 Å². The molecule has 1 saturated heterocycles. The minimum absolute atomic E-state index is 0.0210. The fraction of sp³-hybridized carbons (Fsp3) is 0.872. The third kappa shape index (κ3) is 6.35. The lowest BCUT2D eigenvalue weighted by molar-refractivity contribution is -0.249. The second kappa shape index (κ2) is 15.3. The molecule has 9 heteroatoms. The molecule has 48 heavy (non-hydrogen) atoms. The molecular formula is C39H60F2O7. The van der Waals surface area contributed by atoms with Gasteiger partial charge in [-0.15, -0.1) is 0 Å². The average Bonchev–Trinajstić information content (AvgIpc) is 3.53. The number of esters is 1. The molecule has 0 aromatic rings. The van der Waals surface area contributed by atoms with Crippen LogP contribution < -0.4 is 0 Å². The first kappa shape index (κ1) is 37.5. The van der Waals surface area contributed by atoms with Crippen LogP contribution in [0.15, 0.2) is 11.6 Å². The molecule has 4 fully saturated rings. The first-order valence-corrected chi connectivity index (χ1v) is 19.2. The zero-order chi connectivity index (χ0) is 34.7. The van der Waals surface area contributed by atoms with Crippen molar-refractivity contribution in [2.24, 2.45) is 22.7 Å². The van der Waals surface area contributed by atoms with Gasteiger partial charge in [0.05, 0.1) is 6.10 Å². The minimum Gasteiger partial charge on any atom is -0.459 e. The van der Waals surface area contributed by atoms with Gasteiger partial charge in [-0.05, 0) is 56.1 Å². The van der Waals surface area contributed by atoms with Gasteiger partial charge in [-0.3, -0.25) is 14.4 Å². The van der Waals surface area contributed by atoms with Crippen molar-refractivity contribution < 1.29 is 42.5 Å². The zero-order valence-electron chi connectivity index (χ0n) is 29.8. The van der Waals surface area contributed by atoms with E-state index in [1.54, 1.807) is 6.92 Å². The van der Waals surface area contributed by atoms with Crippen molar-refractivity contribution in [3.8, 4) is 0 Å². The van der Waals surface area contributed by atoms with Gasteiger partial charge in [-0.1, -0.05) is 98.3 Å². The Morgan fingerprint density at radius 3 is 2.23 bits per heavy atom. The second-order valence-corrected chi connectivity index (χ2v) is 16.0. The van der Waals surface area contributed by atoms with E-state index < -0.39 is 77.0 Å². The van der Waals surface area contributed by atoms with Crippen LogP contribution in [0.1, 0.15) is 150 Å². The molecule has 7 nitrogen and oxygen atoms in total. The molecule has 1 N–H and O–H groups in total. The van der Waals surface area contributed by atoms with E-state index in [1.165, 1.54) is 51.0 Å². The van der Waals surface area contributed by atoms with Crippen LogP contribution in [-0.4, -0.2) is 65.2 Å². The number of hydrogen-bond acceptors (Lipinski definition) is 7. The molecule has 5 aliphatic rings. The molecule has 0 aromatic heterocycles. The topological polar surface area (TPSA) is 99.1 Å². The van der Waals surface area contributed by atoms with E-state index in [-0.39, 0.29) is 49.9 Å². The summed E-state index contributed by atoms with van der Waals surface area (Å²) in [5, 5.41) is 10.2. The molecule has 272 valence electrons. The van der Waals surface area contributed by atoms with Gasteiger partial charge in [0.2, 0.25) is 0 Å². The number of aliphatic hydroxyl groups is 1. The van der Waals surface area contributed by atoms with Crippen LogP contribution in [0, 0.1) is 22.7 Å². The number of allylic oxidation sites excluding steroid dienone is 1. The van der Waals surface area contributed by atoms with Gasteiger partial charge in [0, 0.05) is 29.6 Å². The monoisotopic (exact) mass is 678 g/mol. The third-order valence-electron chi connectivity index (χ3n) is 13.1. The quantitative estimate of drug-likeness (QED) is 0.122. The van der Waals surface area contributed by atoms with Crippen LogP contribution in [0.25, 0.3) is 0 Å². The van der Waals surface area contributed by atoms with Crippen molar-refractivity contribution in [2.45, 2.75) is 186 Å². The Kier molecular flexibility index (Phi) is 11.9. The largest absolute Gasteiger partial charge is 0.459 e. The molecule has 5 rings (SSSR count). The molecule has 4 aliphatic carbocycles. The van der Waals surface area contributed by atoms with Crippen LogP contribution in [0.4, 0.5) is 8.78 Å². The fourth-order valence-corrected chi connectivity index (χ4v) is 10.6. The SMILES string of the molecule is CCCCCCCCCCCCCC(=O)O[C@H]1C[C@@]2(C)[C@@H](C[C@H]3O[C@@H](CCC)O[C@]32C(=O)CO)[C@@H]2C[C@H](F)C3=CC(=O)CC[C@]3(C)[C@@]12F. The first-order chi connectivity index (χ1) is 22.9. The lowest BCUT2D eigenvalue weighted by Crippen LogP contribution is -2.72. The number of aliphatic hydroxyl groups excluding tert-OH is 1. The van der Waals surface area contributed by atoms with Crippen LogP contribution in [0.2, 0.25) is 0 Å². The fourth-order valence-electron chi connectivity index (χ4n) is 10.6. The van der Waals surface area contributed by atoms with E-state index in [4.69, 9.17) is 14.2 Å². The van der Waals surface area contributed by atoms with Crippen molar-refractivity contribution in [2.75, 3.05) is 6.61 Å². The summed E-state index contributed by atoms with van der Waals surface area (Å²) < 4.78 is 53.6. The highest BCUT2D eigenvalue weighted by molar-refractivity contribution is 5.92. The lowest BCUT2D eigenvalue weighted by Gasteiger charge is -2.64. The summed E-state index contributed by atoms with van der Waals surface area (Å²) in [6.07, 6.45) is 11.4. The maximum absolute atomic E-state index is 18.5. The summed E-state index contributed by atoms with van der Waals surface area (Å²) in [6, 6.07) is 0. The summed E-state index contributed by atoms with van der Waals surface area (Å²) in [5.41, 5.74) is -6.00. The van der Waals surface area contributed by atoms with Crippen molar-refractivity contribution in [3.63, 3.8) is 0 Å². The number of ketones is 2. The van der Waals surface area contributed by atoms with Crippen molar-refractivity contribution in [1.29, 1.82) is 0 Å². The van der Waals surface area contributed by atoms with E-state index in [2.05, 4.69) is 6.92 Å². The van der Waals surface area contributed by atoms with Gasteiger partial charge in [0.1, 0.15) is 18.9 Å². The van der Waals surface area contributed by atoms with E-state index >= 15 is 8.78 Å². The molecule has 0 radical (unpaired) electrons. The van der Waals surface area contributed by atoms with Gasteiger partial charge in [0.25, 0.3) is 0 Å². The van der Waals surface area contributed by atoms with Crippen molar-refractivity contribution in [1.82, 2.24) is 0 Å². The smallest absolute Gasteiger partial charge is 0.306 e. The van der Waals surface area contributed by atoms with Crippen LogP contribution in [0.5, 0.6) is 0 Å². The Morgan fingerprint density at radius 2 is 1.60 bits per heavy atom. The van der Waals surface area contributed by atoms with E-state index in [1.807, 2.05) is 13.8 Å². The highest BCUT2D eigenvalue weighted by Gasteiger charge is 2.80. The zero-order valence-corrected chi connectivity index (χ0v) is 29.8. The first-order valence-electron chi connectivity index (χ1n) is 19.2. The number of carbonyl (C=O) groups is 3. The second-order valence-electron chi connectivity index (χ2n) is 16.0. The maximum atomic E-state index is 18.5. The summed E-state index contributed by atoms with van der Waals surface area (Å²) in [5.74, 6) is -2.68. The van der Waals surface area contributed by atoms with E-state index in [0.29, 0.717) is 12.8 Å². The number of Topliss-reactive ketones (excluding diaryl/α,β-unsaturated/α-hetero) is 1. The Bertz CT molecular complexity index is 1210. The maximum Gasteiger partial charge on any atom is 0.306 e. The Labute approximate surface area is 286 Å². The molecule has 1 aliphatic heterocycles. The van der Waals surface area contributed by atoms with Crippen LogP contribution >= 0.6 is 0 Å². The standard InChI is InChI=1S/C39H60F2O7/c1-5-7-8-9-10-11-12-13-14-15-16-18-34(45)46-33-24-37(4)27(23-32-39(37,31(44)25-42)48-35(47-32)17-6-2)28-22-30(40)29-21-26(43)19-20-36(29,3)38(28,33)41/h21,27-28,30,32-33,35,42H,5-20,22-25H2,1-4H3/t27-,28-,30-,32+,33-,35+,36-,37-,38-,39+/m0/s1. The number of fused-ring (bicyclic) bond motifs is 7. The number of ether oxygens (including phenoxy) is 3. The molecule has 0 amide bonds. The molecule has 0 spiro atoms. The van der Waals surface area contributed by atoms with Crippen molar-refractivity contribution >= 4 is 17.5 Å². The van der Waals surface area contributed by atoms with Gasteiger partial charge in [-0.25, -0.2) is 8.78 Å². The average molecular weight is 679 g/mol. The Balaban J connectivity index is 1.35. The molecule has 0 unspecified atom stereocenters. The van der Waals surface area contributed by atoms with E-state index in [0.717, 1.165) is 25.7 Å². The predicted molar refractivity (Wildman–Crippen MR) is 179 cm³/mol. The summed E-state index contributed by atoms with van der Waals surface area (Å²) in [7, 11) is 0. The van der Waals surface area contributed by atoms with Gasteiger partial charge < -0.3 is 19.3 Å². The molecule has 0 bridgehead atoms. The lowest BCUT2D eigenvalue weighted by atomic mass is 9.43. The summed E-state index contributed by atoms with van der Waals surface area (Å²) in [6.45, 7) is 6.98. The van der Waals surface area contributed by atoms with E-state index in [9.17, 15) is 19.5 Å². The highest BCUT2D eigenvalue weighted by atomic mass is 19.1. The third-order valence-corrected chi connectivity index (χ3v) is 13.1. The van der Waals surface area contributed by atoms with Crippen LogP contribution in [0.3, 0.4) is 0 Å². The Morgan fingerprint density at radius 1 is 0.958 bits per heavy atom. The summed E-state index contributed by atoms with van der Waals surface area (Å²) >= 11 is 0. The number of unbranched alkanes of at least 4 members (excludes halogenated alkanes) is 10. The normalized spacial score (nSPS) is 40.1. The molecule has 0 aromatic carbocycles. The molecule has 3 saturated carbocycles. The number of halogens is 2. The summed E-state index contributed by atoms with van der Waals surface area (Å²) in [4.78, 5) is 39.7. The number of carbonyl (C=O) groups excluding carboxylic acids is 3. The minimum atomic E-state index is -2.16. The van der Waals surface area contributed by atoms with Crippen LogP contribution in [-0.2, 0) is 28.6 Å². The number of alkyl halides is 2. The Hall–Kier alpha value is -1.71. The predicted octanol–water partition coefficient (Wildman–Crippen LogP) is 8.23. The highest BCUT2D eigenvalue weighted by Crippen LogP contribution is 2.73. The molecule has 10 atom stereocenters.